The van der Waals surface area contributed by atoms with Crippen LogP contribution >= 0.6 is 0 Å². The van der Waals surface area contributed by atoms with Gasteiger partial charge in [0.25, 0.3) is 5.56 Å². The van der Waals surface area contributed by atoms with Gasteiger partial charge in [-0.1, -0.05) is 12.1 Å². The van der Waals surface area contributed by atoms with Crippen molar-refractivity contribution in [1.29, 1.82) is 0 Å². The fraction of sp³-hybridized carbons (Fsp3) is 0.464. The average Bonchev–Trinajstić information content (AvgIpc) is 3.25. The number of nitrogens with zero attached hydrogens (tertiary/aromatic N) is 1. The van der Waals surface area contributed by atoms with Gasteiger partial charge in [-0.2, -0.15) is 13.2 Å². The number of nitrogens with one attached hydrogen (secondary N) is 1. The summed E-state index contributed by atoms with van der Waals surface area (Å²) in [6.07, 6.45) is 0.370. The van der Waals surface area contributed by atoms with Crippen LogP contribution in [0.1, 0.15) is 60.9 Å². The zero-order valence-corrected chi connectivity index (χ0v) is 20.2. The van der Waals surface area contributed by atoms with Crippen LogP contribution < -0.4 is 10.9 Å². The second-order valence-electron chi connectivity index (χ2n) is 10.5. The van der Waals surface area contributed by atoms with Gasteiger partial charge in [0.1, 0.15) is 0 Å². The third-order valence-electron chi connectivity index (χ3n) is 7.25. The molecule has 1 aliphatic carbocycles. The zero-order valence-electron chi connectivity index (χ0n) is 20.2. The van der Waals surface area contributed by atoms with Crippen LogP contribution in [0, 0.1) is 0 Å². The van der Waals surface area contributed by atoms with Gasteiger partial charge in [-0.3, -0.25) is 4.79 Å². The quantitative estimate of drug-likeness (QED) is 0.512. The van der Waals surface area contributed by atoms with Gasteiger partial charge in [-0.05, 0) is 98.4 Å². The Hall–Kier alpha value is -2.64. The first-order valence-electron chi connectivity index (χ1n) is 12.3. The van der Waals surface area contributed by atoms with Crippen molar-refractivity contribution in [3.8, 4) is 0 Å². The molecule has 3 aromatic rings. The highest BCUT2D eigenvalue weighted by Crippen LogP contribution is 2.31. The zero-order chi connectivity index (χ0) is 24.8. The predicted octanol–water partition coefficient (Wildman–Crippen LogP) is 5.60. The Bertz CT molecular complexity index is 1310. The fourth-order valence-corrected chi connectivity index (χ4v) is 5.48. The van der Waals surface area contributed by atoms with Gasteiger partial charge in [0.2, 0.25) is 0 Å². The van der Waals surface area contributed by atoms with E-state index in [9.17, 15) is 18.0 Å². The van der Waals surface area contributed by atoms with Crippen LogP contribution in [0.15, 0.2) is 47.3 Å². The van der Waals surface area contributed by atoms with Crippen molar-refractivity contribution >= 4 is 10.9 Å². The molecule has 186 valence electrons. The maximum atomic E-state index is 13.6. The lowest BCUT2D eigenvalue weighted by Gasteiger charge is -2.36. The third-order valence-corrected chi connectivity index (χ3v) is 7.25. The maximum absolute atomic E-state index is 13.6. The normalized spacial score (nSPS) is 19.7. The molecule has 1 fully saturated rings. The van der Waals surface area contributed by atoms with E-state index < -0.39 is 11.7 Å². The van der Waals surface area contributed by atoms with Gasteiger partial charge >= 0.3 is 6.18 Å². The first kappa shape index (κ1) is 24.1. The van der Waals surface area contributed by atoms with E-state index in [4.69, 9.17) is 4.74 Å². The summed E-state index contributed by atoms with van der Waals surface area (Å²) in [6, 6.07) is 11.7. The number of fused-ring (bicyclic) bond motifs is 2. The summed E-state index contributed by atoms with van der Waals surface area (Å²) < 4.78 is 47.3. The molecule has 0 spiro atoms. The van der Waals surface area contributed by atoms with Gasteiger partial charge in [0, 0.05) is 24.8 Å². The van der Waals surface area contributed by atoms with Crippen molar-refractivity contribution in [2.75, 3.05) is 6.61 Å². The molecule has 2 aliphatic rings. The van der Waals surface area contributed by atoms with Crippen LogP contribution in [-0.2, 0) is 36.8 Å². The Morgan fingerprint density at radius 3 is 2.63 bits per heavy atom. The second kappa shape index (κ2) is 9.10. The van der Waals surface area contributed by atoms with Crippen molar-refractivity contribution in [2.45, 2.75) is 76.9 Å². The highest BCUT2D eigenvalue weighted by Gasteiger charge is 2.31. The molecule has 5 rings (SSSR count). The van der Waals surface area contributed by atoms with E-state index >= 15 is 0 Å². The lowest BCUT2D eigenvalue weighted by atomic mass is 9.94. The topological polar surface area (TPSA) is 43.3 Å². The fourth-order valence-electron chi connectivity index (χ4n) is 5.48. The van der Waals surface area contributed by atoms with Crippen molar-refractivity contribution in [3.05, 3.63) is 80.6 Å². The molecule has 35 heavy (non-hydrogen) atoms. The van der Waals surface area contributed by atoms with Gasteiger partial charge < -0.3 is 14.6 Å². The smallest absolute Gasteiger partial charge is 0.375 e. The van der Waals surface area contributed by atoms with E-state index in [0.717, 1.165) is 55.1 Å². The largest absolute Gasteiger partial charge is 0.416 e. The molecule has 1 saturated heterocycles. The molecular formula is C28H31F3N2O2. The number of benzene rings is 2. The number of aryl methyl sites for hydroxylation is 2. The van der Waals surface area contributed by atoms with Crippen LogP contribution in [0.25, 0.3) is 10.9 Å². The molecule has 2 aromatic carbocycles. The maximum Gasteiger partial charge on any atom is 0.416 e. The first-order chi connectivity index (χ1) is 16.6. The Kier molecular flexibility index (Phi) is 6.26. The molecule has 0 bridgehead atoms. The van der Waals surface area contributed by atoms with E-state index in [2.05, 4.69) is 31.3 Å². The molecule has 1 aromatic heterocycles. The summed E-state index contributed by atoms with van der Waals surface area (Å²) in [5.41, 5.74) is 3.33. The summed E-state index contributed by atoms with van der Waals surface area (Å²) in [5, 5.41) is 4.49. The van der Waals surface area contributed by atoms with E-state index in [1.165, 1.54) is 17.2 Å². The number of halogens is 3. The van der Waals surface area contributed by atoms with Crippen molar-refractivity contribution in [1.82, 2.24) is 9.88 Å². The van der Waals surface area contributed by atoms with Crippen LogP contribution in [-0.4, -0.2) is 22.8 Å². The lowest BCUT2D eigenvalue weighted by Crippen LogP contribution is -2.44. The molecule has 0 amide bonds. The van der Waals surface area contributed by atoms with Crippen LogP contribution in [0.3, 0.4) is 0 Å². The molecular weight excluding hydrogens is 453 g/mol. The number of pyridine rings is 1. The van der Waals surface area contributed by atoms with E-state index in [1.807, 2.05) is 6.07 Å². The number of hydrogen-bond donors (Lipinski definition) is 1. The van der Waals surface area contributed by atoms with Gasteiger partial charge in [0.15, 0.2) is 0 Å². The minimum atomic E-state index is -4.42. The Balaban J connectivity index is 1.52. The summed E-state index contributed by atoms with van der Waals surface area (Å²) in [5.74, 6) is 0. The van der Waals surface area contributed by atoms with E-state index in [1.54, 1.807) is 10.6 Å². The summed E-state index contributed by atoms with van der Waals surface area (Å²) in [4.78, 5) is 13.6. The number of ether oxygens (including phenoxy) is 1. The van der Waals surface area contributed by atoms with Crippen molar-refractivity contribution < 1.29 is 17.9 Å². The summed E-state index contributed by atoms with van der Waals surface area (Å²) >= 11 is 0. The van der Waals surface area contributed by atoms with E-state index in [0.29, 0.717) is 24.3 Å². The molecule has 2 heterocycles. The average molecular weight is 485 g/mol. The summed E-state index contributed by atoms with van der Waals surface area (Å²) in [6.45, 7) is 5.32. The number of rotatable bonds is 5. The van der Waals surface area contributed by atoms with Crippen LogP contribution in [0.5, 0.6) is 0 Å². The molecule has 4 nitrogen and oxygen atoms in total. The molecule has 7 heteroatoms. The van der Waals surface area contributed by atoms with Crippen LogP contribution in [0.2, 0.25) is 0 Å². The standard InChI is InChI=1S/C28H31F3N2O2/c1-27(2)15-24(9-10-35-27)32-16-22-13-21-12-19-6-4-7-20(19)14-25(21)33(26(22)34)17-18-5-3-8-23(11-18)28(29,30)31/h3,5,8,11-14,24,32H,4,6-7,9-10,15-17H2,1-2H3. The minimum Gasteiger partial charge on any atom is -0.375 e. The Labute approximate surface area is 203 Å². The molecule has 0 radical (unpaired) electrons. The summed E-state index contributed by atoms with van der Waals surface area (Å²) in [7, 11) is 0. The number of hydrogen-bond acceptors (Lipinski definition) is 3. The van der Waals surface area contributed by atoms with Crippen LogP contribution in [0.4, 0.5) is 13.2 Å². The predicted molar refractivity (Wildman–Crippen MR) is 131 cm³/mol. The Morgan fingerprint density at radius 1 is 1.11 bits per heavy atom. The Morgan fingerprint density at radius 2 is 1.89 bits per heavy atom. The molecule has 1 aliphatic heterocycles. The van der Waals surface area contributed by atoms with Gasteiger partial charge in [-0.15, -0.1) is 0 Å². The molecule has 1 unspecified atom stereocenters. The first-order valence-corrected chi connectivity index (χ1v) is 12.3. The minimum absolute atomic E-state index is 0.0934. The highest BCUT2D eigenvalue weighted by atomic mass is 19.4. The second-order valence-corrected chi connectivity index (χ2v) is 10.5. The van der Waals surface area contributed by atoms with Crippen molar-refractivity contribution in [3.63, 3.8) is 0 Å². The molecule has 1 N–H and O–H groups in total. The highest BCUT2D eigenvalue weighted by molar-refractivity contribution is 5.82. The molecule has 1 atom stereocenters. The van der Waals surface area contributed by atoms with Gasteiger partial charge in [0.05, 0.1) is 23.2 Å². The third kappa shape index (κ3) is 5.16. The lowest BCUT2D eigenvalue weighted by molar-refractivity contribution is -0.137. The SMILES string of the molecule is CC1(C)CC(NCc2cc3cc4c(cc3n(Cc3cccc(C(F)(F)F)c3)c2=O)CCC4)CCO1. The molecule has 0 saturated carbocycles. The van der Waals surface area contributed by atoms with E-state index in [-0.39, 0.29) is 23.7 Å². The van der Waals surface area contributed by atoms with Crippen molar-refractivity contribution in [2.24, 2.45) is 0 Å². The number of alkyl halides is 3. The van der Waals surface area contributed by atoms with Gasteiger partial charge in [-0.25, -0.2) is 0 Å². The monoisotopic (exact) mass is 484 g/mol. The number of aromatic nitrogens is 1.